The Morgan fingerprint density at radius 3 is 2.50 bits per heavy atom. The number of urea groups is 1. The number of aliphatic imine (C=N–C) groups is 1. The highest BCUT2D eigenvalue weighted by atomic mass is 32.2. The van der Waals surface area contributed by atoms with Crippen molar-refractivity contribution in [1.82, 2.24) is 20.1 Å². The Labute approximate surface area is 283 Å². The molecule has 1 aliphatic rings. The predicted molar refractivity (Wildman–Crippen MR) is 186 cm³/mol. The van der Waals surface area contributed by atoms with Gasteiger partial charge in [-0.2, -0.15) is 4.99 Å². The second-order valence-electron chi connectivity index (χ2n) is 12.5. The van der Waals surface area contributed by atoms with Crippen LogP contribution in [0.25, 0.3) is 17.1 Å². The van der Waals surface area contributed by atoms with Crippen LogP contribution in [-0.2, 0) is 6.42 Å². The van der Waals surface area contributed by atoms with E-state index in [9.17, 15) is 18.0 Å². The van der Waals surface area contributed by atoms with Crippen molar-refractivity contribution >= 4 is 28.6 Å². The molecule has 0 radical (unpaired) electrons. The molecule has 2 unspecified atom stereocenters. The number of carbonyl (C=O) groups is 1. The first-order valence-corrected chi connectivity index (χ1v) is 17.1. The van der Waals surface area contributed by atoms with Crippen LogP contribution >= 0.6 is 11.8 Å². The second kappa shape index (κ2) is 15.3. The number of halogens is 3. The third-order valence-corrected chi connectivity index (χ3v) is 9.18. The van der Waals surface area contributed by atoms with Crippen LogP contribution in [0.2, 0.25) is 0 Å². The standard InChI is InChI=1S/C36H41F3N6O2S/c1-23(2)31-18-9-24(3)21-32(31)45-26(5)19-20-48-35(45)42-34(46)41-25(4)7-6-8-27-10-12-28(13-11-27)33-40-22-44(43-33)29-14-16-30(17-15-29)47-36(37,38)39/h9-18,21-23,25-26H,6-8,19-20H2,1-5H3,(H,41,46)/b42-35-. The first-order chi connectivity index (χ1) is 22.9. The van der Waals surface area contributed by atoms with Gasteiger partial charge < -0.3 is 15.0 Å². The highest BCUT2D eigenvalue weighted by molar-refractivity contribution is 8.14. The molecule has 0 spiro atoms. The number of amides is 2. The number of aryl methyl sites for hydroxylation is 2. The van der Waals surface area contributed by atoms with Gasteiger partial charge in [0.1, 0.15) is 12.1 Å². The molecule has 0 bridgehead atoms. The van der Waals surface area contributed by atoms with Crippen molar-refractivity contribution in [3.63, 3.8) is 0 Å². The van der Waals surface area contributed by atoms with Gasteiger partial charge in [0, 0.05) is 29.1 Å². The lowest BCUT2D eigenvalue weighted by Crippen LogP contribution is -2.43. The van der Waals surface area contributed by atoms with E-state index < -0.39 is 6.36 Å². The summed E-state index contributed by atoms with van der Waals surface area (Å²) in [6.07, 6.45) is 0.329. The molecule has 1 saturated heterocycles. The summed E-state index contributed by atoms with van der Waals surface area (Å²) < 4.78 is 42.7. The summed E-state index contributed by atoms with van der Waals surface area (Å²) in [6.45, 7) is 10.7. The van der Waals surface area contributed by atoms with E-state index in [4.69, 9.17) is 0 Å². The van der Waals surface area contributed by atoms with E-state index in [2.05, 4.69) is 75.9 Å². The van der Waals surface area contributed by atoms with Crippen molar-refractivity contribution in [3.05, 3.63) is 89.7 Å². The van der Waals surface area contributed by atoms with E-state index in [1.165, 1.54) is 46.4 Å². The number of amidine groups is 1. The van der Waals surface area contributed by atoms with Gasteiger partial charge >= 0.3 is 12.4 Å². The first kappa shape index (κ1) is 35.0. The fourth-order valence-electron chi connectivity index (χ4n) is 5.64. The maximum atomic E-state index is 13.1. The molecule has 1 aliphatic heterocycles. The van der Waals surface area contributed by atoms with Crippen LogP contribution in [0.3, 0.4) is 0 Å². The van der Waals surface area contributed by atoms with Crippen molar-refractivity contribution in [1.29, 1.82) is 0 Å². The van der Waals surface area contributed by atoms with E-state index in [-0.39, 0.29) is 23.9 Å². The van der Waals surface area contributed by atoms with Crippen molar-refractivity contribution < 1.29 is 22.7 Å². The van der Waals surface area contributed by atoms with Crippen LogP contribution in [0.5, 0.6) is 5.75 Å². The maximum Gasteiger partial charge on any atom is 0.573 e. The molecule has 3 aromatic carbocycles. The van der Waals surface area contributed by atoms with Gasteiger partial charge in [-0.3, -0.25) is 0 Å². The minimum atomic E-state index is -4.74. The molecular weight excluding hydrogens is 637 g/mol. The average Bonchev–Trinajstić information content (AvgIpc) is 3.51. The Kier molecular flexibility index (Phi) is 11.1. The SMILES string of the molecule is Cc1ccc(C(C)C)c(N2/C(=N/C(=O)NC(C)CCCc3ccc(-c4ncn(-c5ccc(OC(F)(F)F)cc5)n4)cc3)SCCC2C)c1. The van der Waals surface area contributed by atoms with E-state index >= 15 is 0 Å². The zero-order valence-corrected chi connectivity index (χ0v) is 28.6. The summed E-state index contributed by atoms with van der Waals surface area (Å²) in [7, 11) is 0. The third kappa shape index (κ3) is 9.18. The number of aromatic nitrogens is 3. The zero-order valence-electron chi connectivity index (χ0n) is 27.8. The Hall–Kier alpha value is -4.32. The second-order valence-corrected chi connectivity index (χ2v) is 13.5. The number of ether oxygens (including phenoxy) is 1. The van der Waals surface area contributed by atoms with E-state index in [1.807, 2.05) is 31.2 Å². The predicted octanol–water partition coefficient (Wildman–Crippen LogP) is 9.07. The minimum absolute atomic E-state index is 0.0342. The van der Waals surface area contributed by atoms with E-state index in [0.29, 0.717) is 17.4 Å². The lowest BCUT2D eigenvalue weighted by Gasteiger charge is -2.37. The number of rotatable bonds is 10. The number of anilines is 1. The summed E-state index contributed by atoms with van der Waals surface area (Å²) in [5.41, 5.74) is 6.10. The molecule has 0 saturated carbocycles. The lowest BCUT2D eigenvalue weighted by molar-refractivity contribution is -0.274. The molecule has 0 aliphatic carbocycles. The number of nitrogens with zero attached hydrogens (tertiary/aromatic N) is 5. The molecule has 2 amide bonds. The summed E-state index contributed by atoms with van der Waals surface area (Å²) in [5.74, 6) is 1.48. The van der Waals surface area contributed by atoms with Gasteiger partial charge in [0.05, 0.1) is 5.69 Å². The normalized spacial score (nSPS) is 16.7. The molecule has 12 heteroatoms. The van der Waals surface area contributed by atoms with Crippen molar-refractivity contribution in [2.75, 3.05) is 10.7 Å². The Bertz CT molecular complexity index is 1720. The number of hydrogen-bond acceptors (Lipinski definition) is 5. The highest BCUT2D eigenvalue weighted by Crippen LogP contribution is 2.35. The molecule has 1 fully saturated rings. The quantitative estimate of drug-likeness (QED) is 0.180. The number of nitrogens with one attached hydrogen (secondary N) is 1. The Balaban J connectivity index is 1.13. The lowest BCUT2D eigenvalue weighted by atomic mass is 9.98. The zero-order chi connectivity index (χ0) is 34.4. The third-order valence-electron chi connectivity index (χ3n) is 8.19. The van der Waals surface area contributed by atoms with E-state index in [0.717, 1.165) is 53.4 Å². The highest BCUT2D eigenvalue weighted by Gasteiger charge is 2.31. The smallest absolute Gasteiger partial charge is 0.406 e. The van der Waals surface area contributed by atoms with E-state index in [1.54, 1.807) is 11.8 Å². The fraction of sp³-hybridized carbons (Fsp3) is 0.389. The number of benzene rings is 3. The van der Waals surface area contributed by atoms with Crippen LogP contribution in [-0.4, -0.2) is 50.2 Å². The van der Waals surface area contributed by atoms with Gasteiger partial charge in [-0.05, 0) is 99.4 Å². The van der Waals surface area contributed by atoms with Gasteiger partial charge in [0.2, 0.25) is 0 Å². The average molecular weight is 679 g/mol. The fourth-order valence-corrected chi connectivity index (χ4v) is 6.85. The molecule has 1 aromatic heterocycles. The summed E-state index contributed by atoms with van der Waals surface area (Å²) in [4.78, 5) is 24.2. The van der Waals surface area contributed by atoms with Crippen LogP contribution in [0.15, 0.2) is 78.0 Å². The summed E-state index contributed by atoms with van der Waals surface area (Å²) in [6, 6.07) is 19.8. The van der Waals surface area contributed by atoms with Gasteiger partial charge in [-0.25, -0.2) is 14.5 Å². The molecule has 4 aromatic rings. The molecule has 5 rings (SSSR count). The molecule has 254 valence electrons. The van der Waals surface area contributed by atoms with Crippen molar-refractivity contribution in [3.8, 4) is 22.8 Å². The van der Waals surface area contributed by atoms with Crippen LogP contribution in [0.4, 0.5) is 23.7 Å². The monoisotopic (exact) mass is 678 g/mol. The number of hydrogen-bond donors (Lipinski definition) is 1. The topological polar surface area (TPSA) is 84.6 Å². The molecule has 2 atom stereocenters. The van der Waals surface area contributed by atoms with Crippen molar-refractivity contribution in [2.45, 2.75) is 84.7 Å². The Morgan fingerprint density at radius 1 is 1.08 bits per heavy atom. The summed E-state index contributed by atoms with van der Waals surface area (Å²) in [5, 5.41) is 8.28. The van der Waals surface area contributed by atoms with Gasteiger partial charge in [-0.1, -0.05) is 62.0 Å². The molecular formula is C36H41F3N6O2S. The van der Waals surface area contributed by atoms with Gasteiger partial charge in [0.25, 0.3) is 0 Å². The number of carbonyl (C=O) groups excluding carboxylic acids is 1. The van der Waals surface area contributed by atoms with Gasteiger partial charge in [0.15, 0.2) is 11.0 Å². The number of thioether (sulfide) groups is 1. The van der Waals surface area contributed by atoms with Crippen LogP contribution in [0.1, 0.15) is 69.6 Å². The maximum absolute atomic E-state index is 13.1. The molecule has 1 N–H and O–H groups in total. The first-order valence-electron chi connectivity index (χ1n) is 16.1. The molecule has 48 heavy (non-hydrogen) atoms. The molecule has 8 nitrogen and oxygen atoms in total. The Morgan fingerprint density at radius 2 is 1.81 bits per heavy atom. The largest absolute Gasteiger partial charge is 0.573 e. The van der Waals surface area contributed by atoms with Crippen LogP contribution in [0, 0.1) is 6.92 Å². The molecule has 2 heterocycles. The van der Waals surface area contributed by atoms with Crippen molar-refractivity contribution in [2.24, 2.45) is 4.99 Å². The minimum Gasteiger partial charge on any atom is -0.406 e. The summed E-state index contributed by atoms with van der Waals surface area (Å²) >= 11 is 1.63. The van der Waals surface area contributed by atoms with Gasteiger partial charge in [-0.15, -0.1) is 18.3 Å². The van der Waals surface area contributed by atoms with Crippen LogP contribution < -0.4 is 15.0 Å². The number of alkyl halides is 3.